The third-order valence-corrected chi connectivity index (χ3v) is 4.55. The van der Waals surface area contributed by atoms with E-state index in [1.165, 1.54) is 24.3 Å². The van der Waals surface area contributed by atoms with Gasteiger partial charge in [-0.3, -0.25) is 0 Å². The van der Waals surface area contributed by atoms with Gasteiger partial charge >= 0.3 is 0 Å². The van der Waals surface area contributed by atoms with Crippen molar-refractivity contribution >= 4 is 11.5 Å². The molecule has 0 fully saturated rings. The molecule has 0 atom stereocenters. The second-order valence-corrected chi connectivity index (χ2v) is 7.19. The van der Waals surface area contributed by atoms with Crippen LogP contribution in [0.3, 0.4) is 0 Å². The van der Waals surface area contributed by atoms with Crippen molar-refractivity contribution in [3.63, 3.8) is 0 Å². The molecule has 0 radical (unpaired) electrons. The van der Waals surface area contributed by atoms with Gasteiger partial charge in [0.1, 0.15) is 29.0 Å². The van der Waals surface area contributed by atoms with Crippen molar-refractivity contribution < 1.29 is 8.78 Å². The lowest BCUT2D eigenvalue weighted by Crippen LogP contribution is -2.47. The normalized spacial score (nSPS) is 15.5. The maximum absolute atomic E-state index is 13.3. The average Bonchev–Trinajstić information content (AvgIpc) is 2.94. The van der Waals surface area contributed by atoms with Crippen molar-refractivity contribution in [3.05, 3.63) is 66.0 Å². The summed E-state index contributed by atoms with van der Waals surface area (Å²) in [6, 6.07) is 12.5. The largest absolute Gasteiger partial charge is 0.340 e. The molecular weight excluding hydrogens is 334 g/mol. The second kappa shape index (κ2) is 6.21. The number of rotatable bonds is 3. The summed E-state index contributed by atoms with van der Waals surface area (Å²) >= 11 is 0. The summed E-state index contributed by atoms with van der Waals surface area (Å²) in [5.74, 6) is 1.17. The van der Waals surface area contributed by atoms with Gasteiger partial charge in [-0.1, -0.05) is 0 Å². The summed E-state index contributed by atoms with van der Waals surface area (Å²) in [6.45, 7) is 5.65. The highest BCUT2D eigenvalue weighted by atomic mass is 19.1. The molecule has 0 spiro atoms. The fourth-order valence-corrected chi connectivity index (χ4v) is 3.18. The average molecular weight is 354 g/mol. The molecule has 0 bridgehead atoms. The van der Waals surface area contributed by atoms with Gasteiger partial charge in [-0.15, -0.1) is 0 Å². The number of anilines is 2. The molecule has 0 aliphatic carbocycles. The Balaban J connectivity index is 1.81. The van der Waals surface area contributed by atoms with Crippen LogP contribution in [0.2, 0.25) is 0 Å². The van der Waals surface area contributed by atoms with Gasteiger partial charge in [-0.05, 0) is 62.4 Å². The fourth-order valence-electron chi connectivity index (χ4n) is 3.18. The monoisotopic (exact) mass is 354 g/mol. The molecule has 3 aromatic rings. The van der Waals surface area contributed by atoms with Crippen LogP contribution in [0.15, 0.2) is 48.5 Å². The predicted molar refractivity (Wildman–Crippen MR) is 98.2 cm³/mol. The van der Waals surface area contributed by atoms with Crippen LogP contribution in [0.5, 0.6) is 0 Å². The zero-order valence-electron chi connectivity index (χ0n) is 14.7. The summed E-state index contributed by atoms with van der Waals surface area (Å²) in [6.07, 6.45) is 0. The molecule has 1 aliphatic heterocycles. The Morgan fingerprint density at radius 2 is 1.62 bits per heavy atom. The summed E-state index contributed by atoms with van der Waals surface area (Å²) < 4.78 is 28.7. The SMILES string of the molecule is CC1(C)Cn2c(nc(-c3ccc(F)cc3)c2Nc2ccc(F)cc2)CN1. The van der Waals surface area contributed by atoms with Gasteiger partial charge in [-0.25, -0.2) is 13.8 Å². The molecule has 6 heteroatoms. The zero-order chi connectivity index (χ0) is 18.3. The zero-order valence-corrected chi connectivity index (χ0v) is 14.7. The highest BCUT2D eigenvalue weighted by Gasteiger charge is 2.29. The Morgan fingerprint density at radius 3 is 2.27 bits per heavy atom. The first-order valence-electron chi connectivity index (χ1n) is 8.54. The van der Waals surface area contributed by atoms with E-state index < -0.39 is 0 Å². The molecule has 1 aromatic heterocycles. The molecule has 134 valence electrons. The summed E-state index contributed by atoms with van der Waals surface area (Å²) in [5, 5.41) is 6.84. The highest BCUT2D eigenvalue weighted by molar-refractivity contribution is 5.76. The standard InChI is InChI=1S/C20H20F2N4/c1-20(2)12-26-17(11-23-20)25-18(13-3-5-14(21)6-4-13)19(26)24-16-9-7-15(22)8-10-16/h3-10,23-24H,11-12H2,1-2H3. The Bertz CT molecular complexity index is 928. The number of nitrogens with zero attached hydrogens (tertiary/aromatic N) is 2. The van der Waals surface area contributed by atoms with Crippen molar-refractivity contribution in [1.82, 2.24) is 14.9 Å². The third-order valence-electron chi connectivity index (χ3n) is 4.55. The van der Waals surface area contributed by atoms with E-state index in [1.54, 1.807) is 24.3 Å². The van der Waals surface area contributed by atoms with Crippen LogP contribution < -0.4 is 10.6 Å². The van der Waals surface area contributed by atoms with Gasteiger partial charge in [0.15, 0.2) is 0 Å². The lowest BCUT2D eigenvalue weighted by Gasteiger charge is -2.33. The van der Waals surface area contributed by atoms with Gasteiger partial charge in [0, 0.05) is 23.3 Å². The lowest BCUT2D eigenvalue weighted by molar-refractivity contribution is 0.292. The van der Waals surface area contributed by atoms with Gasteiger partial charge in [-0.2, -0.15) is 0 Å². The van der Waals surface area contributed by atoms with E-state index in [2.05, 4.69) is 29.0 Å². The molecule has 0 amide bonds. The predicted octanol–water partition coefficient (Wildman–Crippen LogP) is 4.45. The van der Waals surface area contributed by atoms with E-state index in [0.717, 1.165) is 35.1 Å². The van der Waals surface area contributed by atoms with Gasteiger partial charge < -0.3 is 15.2 Å². The molecule has 0 saturated heterocycles. The number of imidazole rings is 1. The molecule has 0 saturated carbocycles. The van der Waals surface area contributed by atoms with E-state index in [4.69, 9.17) is 4.98 Å². The molecule has 2 N–H and O–H groups in total. The number of hydrogen-bond acceptors (Lipinski definition) is 3. The van der Waals surface area contributed by atoms with Gasteiger partial charge in [0.05, 0.1) is 6.54 Å². The number of benzene rings is 2. The highest BCUT2D eigenvalue weighted by Crippen LogP contribution is 2.34. The van der Waals surface area contributed by atoms with Crippen LogP contribution >= 0.6 is 0 Å². The third kappa shape index (κ3) is 3.20. The van der Waals surface area contributed by atoms with Crippen molar-refractivity contribution in [2.24, 2.45) is 0 Å². The Hall–Kier alpha value is -2.73. The number of aromatic nitrogens is 2. The van der Waals surface area contributed by atoms with E-state index in [-0.39, 0.29) is 17.2 Å². The van der Waals surface area contributed by atoms with Crippen molar-refractivity contribution in [1.29, 1.82) is 0 Å². The quantitative estimate of drug-likeness (QED) is 0.730. The molecule has 2 heterocycles. The van der Waals surface area contributed by atoms with Gasteiger partial charge in [0.2, 0.25) is 0 Å². The fraction of sp³-hybridized carbons (Fsp3) is 0.250. The van der Waals surface area contributed by atoms with E-state index in [0.29, 0.717) is 6.54 Å². The minimum absolute atomic E-state index is 0.0764. The van der Waals surface area contributed by atoms with Gasteiger partial charge in [0.25, 0.3) is 0 Å². The number of halogens is 2. The smallest absolute Gasteiger partial charge is 0.138 e. The molecule has 4 nitrogen and oxygen atoms in total. The first kappa shape index (κ1) is 16.7. The molecule has 4 rings (SSSR count). The summed E-state index contributed by atoms with van der Waals surface area (Å²) in [7, 11) is 0. The van der Waals surface area contributed by atoms with Crippen LogP contribution in [0.25, 0.3) is 11.3 Å². The molecule has 2 aromatic carbocycles. The van der Waals surface area contributed by atoms with Crippen LogP contribution in [-0.4, -0.2) is 15.1 Å². The molecular formula is C20H20F2N4. The Labute approximate surface area is 150 Å². The molecule has 26 heavy (non-hydrogen) atoms. The van der Waals surface area contributed by atoms with E-state index in [9.17, 15) is 8.78 Å². The number of fused-ring (bicyclic) bond motifs is 1. The van der Waals surface area contributed by atoms with Crippen LogP contribution in [0.4, 0.5) is 20.3 Å². The van der Waals surface area contributed by atoms with E-state index in [1.807, 2.05) is 0 Å². The maximum Gasteiger partial charge on any atom is 0.138 e. The maximum atomic E-state index is 13.3. The lowest BCUT2D eigenvalue weighted by atomic mass is 10.0. The number of nitrogens with one attached hydrogen (secondary N) is 2. The molecule has 1 aliphatic rings. The number of hydrogen-bond donors (Lipinski definition) is 2. The topological polar surface area (TPSA) is 41.9 Å². The second-order valence-electron chi connectivity index (χ2n) is 7.19. The van der Waals surface area contributed by atoms with Crippen molar-refractivity contribution in [2.45, 2.75) is 32.5 Å². The minimum Gasteiger partial charge on any atom is -0.340 e. The summed E-state index contributed by atoms with van der Waals surface area (Å²) in [5.41, 5.74) is 2.28. The first-order chi connectivity index (χ1) is 12.4. The first-order valence-corrected chi connectivity index (χ1v) is 8.54. The van der Waals surface area contributed by atoms with Crippen LogP contribution in [0, 0.1) is 11.6 Å². The van der Waals surface area contributed by atoms with Crippen molar-refractivity contribution in [2.75, 3.05) is 5.32 Å². The molecule has 0 unspecified atom stereocenters. The van der Waals surface area contributed by atoms with Crippen molar-refractivity contribution in [3.8, 4) is 11.3 Å². The van der Waals surface area contributed by atoms with Crippen LogP contribution in [0.1, 0.15) is 19.7 Å². The Kier molecular flexibility index (Phi) is 4.00. The minimum atomic E-state index is -0.284. The Morgan fingerprint density at radius 1 is 1.00 bits per heavy atom. The van der Waals surface area contributed by atoms with Crippen LogP contribution in [-0.2, 0) is 13.1 Å². The van der Waals surface area contributed by atoms with E-state index >= 15 is 0 Å². The summed E-state index contributed by atoms with van der Waals surface area (Å²) in [4.78, 5) is 4.77.